The van der Waals surface area contributed by atoms with Gasteiger partial charge >= 0.3 is 5.97 Å². The van der Waals surface area contributed by atoms with Gasteiger partial charge < -0.3 is 15.7 Å². The highest BCUT2D eigenvalue weighted by molar-refractivity contribution is 8.00. The first kappa shape index (κ1) is 24.5. The predicted octanol–water partition coefficient (Wildman–Crippen LogP) is 5.05. The molecular formula is C24H21N3O6S. The fourth-order valence-corrected chi connectivity index (χ4v) is 4.00. The largest absolute Gasteiger partial charge is 0.478 e. The molecule has 3 aromatic rings. The number of hydrogen-bond acceptors (Lipinski definition) is 6. The zero-order chi connectivity index (χ0) is 24.7. The van der Waals surface area contributed by atoms with Gasteiger partial charge in [-0.25, -0.2) is 4.79 Å². The number of rotatable bonds is 9. The average molecular weight is 480 g/mol. The van der Waals surface area contributed by atoms with Crippen LogP contribution in [0, 0.1) is 10.1 Å². The van der Waals surface area contributed by atoms with Crippen molar-refractivity contribution in [2.45, 2.75) is 23.5 Å². The van der Waals surface area contributed by atoms with Gasteiger partial charge in [-0.3, -0.25) is 19.7 Å². The first-order chi connectivity index (χ1) is 16.3. The Labute approximate surface area is 199 Å². The summed E-state index contributed by atoms with van der Waals surface area (Å²) in [6, 6.07) is 18.2. The lowest BCUT2D eigenvalue weighted by atomic mass is 10.2. The number of carbonyl (C=O) groups is 3. The van der Waals surface area contributed by atoms with E-state index in [1.807, 2.05) is 13.0 Å². The van der Waals surface area contributed by atoms with Crippen LogP contribution in [0.2, 0.25) is 0 Å². The quantitative estimate of drug-likeness (QED) is 0.222. The minimum Gasteiger partial charge on any atom is -0.478 e. The Morgan fingerprint density at radius 1 is 0.941 bits per heavy atom. The molecule has 0 saturated carbocycles. The zero-order valence-electron chi connectivity index (χ0n) is 18.1. The molecule has 0 radical (unpaired) electrons. The minimum absolute atomic E-state index is 0.100. The Hall–Kier alpha value is -4.18. The Morgan fingerprint density at radius 2 is 1.59 bits per heavy atom. The second kappa shape index (κ2) is 11.1. The molecule has 0 aliphatic heterocycles. The first-order valence-corrected chi connectivity index (χ1v) is 11.1. The van der Waals surface area contributed by atoms with Crippen molar-refractivity contribution in [1.29, 1.82) is 0 Å². The third kappa shape index (κ3) is 6.42. The van der Waals surface area contributed by atoms with E-state index in [4.69, 9.17) is 5.11 Å². The fourth-order valence-electron chi connectivity index (χ4n) is 2.99. The molecule has 3 N–H and O–H groups in total. The van der Waals surface area contributed by atoms with E-state index in [0.717, 1.165) is 4.90 Å². The predicted molar refractivity (Wildman–Crippen MR) is 129 cm³/mol. The van der Waals surface area contributed by atoms with Crippen LogP contribution in [0.15, 0.2) is 77.7 Å². The molecule has 1 unspecified atom stereocenters. The van der Waals surface area contributed by atoms with E-state index in [0.29, 0.717) is 17.8 Å². The van der Waals surface area contributed by atoms with Crippen molar-refractivity contribution in [2.75, 3.05) is 10.6 Å². The number of nitro groups is 1. The van der Waals surface area contributed by atoms with Crippen molar-refractivity contribution in [1.82, 2.24) is 0 Å². The van der Waals surface area contributed by atoms with Crippen LogP contribution in [-0.4, -0.2) is 33.1 Å². The molecule has 9 nitrogen and oxygen atoms in total. The Morgan fingerprint density at radius 3 is 2.18 bits per heavy atom. The van der Waals surface area contributed by atoms with Gasteiger partial charge in [0.05, 0.1) is 15.7 Å². The van der Waals surface area contributed by atoms with E-state index < -0.39 is 22.0 Å². The number of carboxylic acid groups (broad SMARTS) is 1. The number of carboxylic acids is 1. The average Bonchev–Trinajstić information content (AvgIpc) is 2.83. The van der Waals surface area contributed by atoms with Crippen molar-refractivity contribution in [2.24, 2.45) is 0 Å². The van der Waals surface area contributed by atoms with Crippen molar-refractivity contribution < 1.29 is 24.4 Å². The second-order valence-corrected chi connectivity index (χ2v) is 8.45. The number of aromatic carboxylic acids is 1. The summed E-state index contributed by atoms with van der Waals surface area (Å²) < 4.78 is 0. The van der Waals surface area contributed by atoms with E-state index in [-0.39, 0.29) is 22.7 Å². The summed E-state index contributed by atoms with van der Waals surface area (Å²) in [6.45, 7) is 1.88. The van der Waals surface area contributed by atoms with Crippen LogP contribution in [0.5, 0.6) is 0 Å². The lowest BCUT2D eigenvalue weighted by Crippen LogP contribution is -2.24. The molecule has 0 aromatic heterocycles. The van der Waals surface area contributed by atoms with Crippen LogP contribution in [-0.2, 0) is 4.79 Å². The van der Waals surface area contributed by atoms with Crippen molar-refractivity contribution in [3.8, 4) is 0 Å². The summed E-state index contributed by atoms with van der Waals surface area (Å²) in [7, 11) is 0. The maximum atomic E-state index is 12.7. The van der Waals surface area contributed by atoms with Gasteiger partial charge in [0.2, 0.25) is 5.91 Å². The van der Waals surface area contributed by atoms with Crippen molar-refractivity contribution in [3.63, 3.8) is 0 Å². The third-order valence-electron chi connectivity index (χ3n) is 4.77. The number of nitro benzene ring substituents is 1. The molecule has 174 valence electrons. The molecule has 10 heteroatoms. The SMILES string of the molecule is CCC(Sc1cccc(NC(=O)c2ccc([N+](=O)[O-])cc2)c1)C(=O)Nc1ccc(C(=O)O)cc1. The van der Waals surface area contributed by atoms with Crippen molar-refractivity contribution >= 4 is 46.6 Å². The number of carbonyl (C=O) groups excluding carboxylic acids is 2. The van der Waals surface area contributed by atoms with Crippen LogP contribution >= 0.6 is 11.8 Å². The molecule has 3 rings (SSSR count). The van der Waals surface area contributed by atoms with Gasteiger partial charge in [-0.2, -0.15) is 0 Å². The zero-order valence-corrected chi connectivity index (χ0v) is 18.9. The number of thioether (sulfide) groups is 1. The highest BCUT2D eigenvalue weighted by Crippen LogP contribution is 2.29. The molecule has 1 atom stereocenters. The van der Waals surface area contributed by atoms with Gasteiger partial charge in [0, 0.05) is 34.0 Å². The Balaban J connectivity index is 1.64. The molecule has 0 saturated heterocycles. The number of nitrogens with one attached hydrogen (secondary N) is 2. The van der Waals surface area contributed by atoms with Crippen LogP contribution in [0.4, 0.5) is 17.1 Å². The molecule has 0 heterocycles. The lowest BCUT2D eigenvalue weighted by Gasteiger charge is -2.15. The smallest absolute Gasteiger partial charge is 0.335 e. The summed E-state index contributed by atoms with van der Waals surface area (Å²) in [5, 5.41) is 24.9. The van der Waals surface area contributed by atoms with Crippen molar-refractivity contribution in [3.05, 3.63) is 94.0 Å². The van der Waals surface area contributed by atoms with Gasteiger partial charge in [-0.05, 0) is 61.0 Å². The topological polar surface area (TPSA) is 139 Å². The van der Waals surface area contributed by atoms with E-state index in [9.17, 15) is 24.5 Å². The van der Waals surface area contributed by atoms with Gasteiger partial charge in [0.25, 0.3) is 11.6 Å². The number of amides is 2. The van der Waals surface area contributed by atoms with E-state index in [2.05, 4.69) is 10.6 Å². The summed E-state index contributed by atoms with van der Waals surface area (Å²) in [5.41, 5.74) is 1.33. The second-order valence-electron chi connectivity index (χ2n) is 7.17. The molecule has 3 aromatic carbocycles. The monoisotopic (exact) mass is 479 g/mol. The number of anilines is 2. The normalized spacial score (nSPS) is 11.3. The standard InChI is InChI=1S/C24H21N3O6S/c1-2-21(23(29)25-17-10-6-16(7-11-17)24(30)31)34-20-5-3-4-18(14-20)26-22(28)15-8-12-19(13-9-15)27(32)33/h3-14,21H,2H2,1H3,(H,25,29)(H,26,28)(H,30,31). The number of hydrogen-bond donors (Lipinski definition) is 3. The molecule has 34 heavy (non-hydrogen) atoms. The molecule has 0 fully saturated rings. The Kier molecular flexibility index (Phi) is 7.99. The van der Waals surface area contributed by atoms with Gasteiger partial charge in [-0.15, -0.1) is 11.8 Å². The summed E-state index contributed by atoms with van der Waals surface area (Å²) in [4.78, 5) is 47.2. The van der Waals surface area contributed by atoms with Gasteiger partial charge in [0.15, 0.2) is 0 Å². The van der Waals surface area contributed by atoms with Crippen LogP contribution in [0.1, 0.15) is 34.1 Å². The van der Waals surface area contributed by atoms with E-state index in [1.165, 1.54) is 60.3 Å². The summed E-state index contributed by atoms with van der Waals surface area (Å²) in [5.74, 6) is -1.68. The number of benzene rings is 3. The highest BCUT2D eigenvalue weighted by Gasteiger charge is 2.19. The minimum atomic E-state index is -1.04. The molecule has 0 aliphatic carbocycles. The van der Waals surface area contributed by atoms with Crippen LogP contribution in [0.3, 0.4) is 0 Å². The molecule has 0 aliphatic rings. The number of non-ortho nitro benzene ring substituents is 1. The van der Waals surface area contributed by atoms with Crippen LogP contribution in [0.25, 0.3) is 0 Å². The third-order valence-corrected chi connectivity index (χ3v) is 6.13. The Bertz CT molecular complexity index is 1210. The molecular weight excluding hydrogens is 458 g/mol. The van der Waals surface area contributed by atoms with E-state index >= 15 is 0 Å². The fraction of sp³-hybridized carbons (Fsp3) is 0.125. The highest BCUT2D eigenvalue weighted by atomic mass is 32.2. The first-order valence-electron chi connectivity index (χ1n) is 10.2. The molecule has 0 bridgehead atoms. The summed E-state index contributed by atoms with van der Waals surface area (Å²) >= 11 is 1.33. The number of nitrogens with zero attached hydrogens (tertiary/aromatic N) is 1. The van der Waals surface area contributed by atoms with E-state index in [1.54, 1.807) is 18.2 Å². The lowest BCUT2D eigenvalue weighted by molar-refractivity contribution is -0.384. The van der Waals surface area contributed by atoms with Crippen LogP contribution < -0.4 is 10.6 Å². The maximum Gasteiger partial charge on any atom is 0.335 e. The summed E-state index contributed by atoms with van der Waals surface area (Å²) in [6.07, 6.45) is 0.545. The maximum absolute atomic E-state index is 12.7. The molecule has 0 spiro atoms. The molecule has 2 amide bonds. The van der Waals surface area contributed by atoms with Gasteiger partial charge in [0.1, 0.15) is 0 Å². The van der Waals surface area contributed by atoms with Gasteiger partial charge in [-0.1, -0.05) is 13.0 Å².